The number of amides is 1. The van der Waals surface area contributed by atoms with Crippen LogP contribution in [0.4, 0.5) is 5.69 Å². The molecule has 1 fully saturated rings. The second kappa shape index (κ2) is 5.65. The number of nitrogens with one attached hydrogen (secondary N) is 1. The van der Waals surface area contributed by atoms with Crippen LogP contribution in [0, 0.1) is 17.2 Å². The molecule has 0 bridgehead atoms. The molecule has 1 heterocycles. The third-order valence-corrected chi connectivity index (χ3v) is 3.25. The van der Waals surface area contributed by atoms with Crippen molar-refractivity contribution < 1.29 is 9.53 Å². The van der Waals surface area contributed by atoms with Gasteiger partial charge >= 0.3 is 0 Å². The first-order chi connectivity index (χ1) is 8.76. The molecule has 4 heteroatoms. The minimum absolute atomic E-state index is 0.000696. The Balaban J connectivity index is 2.10. The van der Waals surface area contributed by atoms with Gasteiger partial charge in [-0.25, -0.2) is 0 Å². The van der Waals surface area contributed by atoms with Crippen molar-refractivity contribution in [2.75, 3.05) is 11.9 Å². The number of carbonyl (C=O) groups is 1. The number of hydrogen-bond acceptors (Lipinski definition) is 3. The number of nitriles is 1. The van der Waals surface area contributed by atoms with Crippen molar-refractivity contribution in [3.05, 3.63) is 29.8 Å². The zero-order chi connectivity index (χ0) is 13.0. The molecule has 1 N–H and O–H groups in total. The molecule has 2 rings (SSSR count). The lowest BCUT2D eigenvalue weighted by molar-refractivity contribution is -0.121. The fourth-order valence-electron chi connectivity index (χ4n) is 2.27. The summed E-state index contributed by atoms with van der Waals surface area (Å²) in [4.78, 5) is 12.2. The highest BCUT2D eigenvalue weighted by atomic mass is 16.5. The molecule has 1 saturated heterocycles. The van der Waals surface area contributed by atoms with Crippen molar-refractivity contribution >= 4 is 11.6 Å². The first-order valence-corrected chi connectivity index (χ1v) is 6.18. The minimum atomic E-state index is -0.109. The van der Waals surface area contributed by atoms with Crippen LogP contribution in [0.1, 0.15) is 25.3 Å². The molecular weight excluding hydrogens is 228 g/mol. The number of carbonyl (C=O) groups excluding carboxylic acids is 1. The zero-order valence-corrected chi connectivity index (χ0v) is 10.3. The predicted molar refractivity (Wildman–Crippen MR) is 67.9 cm³/mol. The maximum absolute atomic E-state index is 12.2. The van der Waals surface area contributed by atoms with Crippen LogP contribution in [-0.4, -0.2) is 18.6 Å². The summed E-state index contributed by atoms with van der Waals surface area (Å²) in [5.74, 6) is -0.163. The molecule has 0 aliphatic carbocycles. The fraction of sp³-hybridized carbons (Fsp3) is 0.429. The Morgan fingerprint density at radius 2 is 2.33 bits per heavy atom. The summed E-state index contributed by atoms with van der Waals surface area (Å²) in [6.45, 7) is 2.65. The lowest BCUT2D eigenvalue weighted by Crippen LogP contribution is -2.29. The van der Waals surface area contributed by atoms with Crippen LogP contribution in [0.25, 0.3) is 0 Å². The summed E-state index contributed by atoms with van der Waals surface area (Å²) in [7, 11) is 0. The standard InChI is InChI=1S/C14H16N2O2/c1-2-13-11(7-8-18-13)14(17)16-12-6-4-3-5-10(12)9-15/h3-6,11,13H,2,7-8H2,1H3,(H,16,17). The highest BCUT2D eigenvalue weighted by molar-refractivity contribution is 5.94. The second-order valence-electron chi connectivity index (χ2n) is 4.36. The lowest BCUT2D eigenvalue weighted by atomic mass is 9.98. The van der Waals surface area contributed by atoms with Gasteiger partial charge in [-0.05, 0) is 25.0 Å². The third kappa shape index (κ3) is 2.52. The summed E-state index contributed by atoms with van der Waals surface area (Å²) in [6, 6.07) is 9.09. The van der Waals surface area contributed by atoms with Crippen molar-refractivity contribution in [2.24, 2.45) is 5.92 Å². The largest absolute Gasteiger partial charge is 0.377 e. The first-order valence-electron chi connectivity index (χ1n) is 6.18. The van der Waals surface area contributed by atoms with Gasteiger partial charge in [-0.2, -0.15) is 5.26 Å². The van der Waals surface area contributed by atoms with Gasteiger partial charge in [-0.3, -0.25) is 4.79 Å². The van der Waals surface area contributed by atoms with Crippen LogP contribution in [0.15, 0.2) is 24.3 Å². The summed E-state index contributed by atoms with van der Waals surface area (Å²) in [6.07, 6.45) is 1.58. The van der Waals surface area contributed by atoms with Gasteiger partial charge in [-0.15, -0.1) is 0 Å². The van der Waals surface area contributed by atoms with E-state index < -0.39 is 0 Å². The monoisotopic (exact) mass is 244 g/mol. The van der Waals surface area contributed by atoms with Crippen molar-refractivity contribution in [1.82, 2.24) is 0 Å². The molecule has 1 aliphatic rings. The number of anilines is 1. The Morgan fingerprint density at radius 3 is 3.06 bits per heavy atom. The van der Waals surface area contributed by atoms with E-state index in [0.717, 1.165) is 12.8 Å². The smallest absolute Gasteiger partial charge is 0.230 e. The second-order valence-corrected chi connectivity index (χ2v) is 4.36. The topological polar surface area (TPSA) is 62.1 Å². The Labute approximate surface area is 107 Å². The molecule has 1 aliphatic heterocycles. The Hall–Kier alpha value is -1.86. The molecule has 0 aromatic heterocycles. The van der Waals surface area contributed by atoms with E-state index in [9.17, 15) is 4.79 Å². The molecule has 1 amide bonds. The maximum Gasteiger partial charge on any atom is 0.230 e. The summed E-state index contributed by atoms with van der Waals surface area (Å²) >= 11 is 0. The summed E-state index contributed by atoms with van der Waals surface area (Å²) < 4.78 is 5.50. The van der Waals surface area contributed by atoms with Crippen LogP contribution in [0.2, 0.25) is 0 Å². The van der Waals surface area contributed by atoms with Crippen molar-refractivity contribution in [3.8, 4) is 6.07 Å². The summed E-state index contributed by atoms with van der Waals surface area (Å²) in [5.41, 5.74) is 1.06. The first kappa shape index (κ1) is 12.6. The molecule has 0 saturated carbocycles. The predicted octanol–water partition coefficient (Wildman–Crippen LogP) is 2.31. The third-order valence-electron chi connectivity index (χ3n) is 3.25. The molecule has 1 aromatic carbocycles. The highest BCUT2D eigenvalue weighted by Gasteiger charge is 2.32. The number of benzene rings is 1. The van der Waals surface area contributed by atoms with Gasteiger partial charge in [0, 0.05) is 6.61 Å². The van der Waals surface area contributed by atoms with E-state index in [1.807, 2.05) is 6.92 Å². The molecular formula is C14H16N2O2. The Bertz CT molecular complexity index is 479. The summed E-state index contributed by atoms with van der Waals surface area (Å²) in [5, 5.41) is 11.8. The average Bonchev–Trinajstić information content (AvgIpc) is 2.87. The van der Waals surface area contributed by atoms with Gasteiger partial charge in [0.15, 0.2) is 0 Å². The number of hydrogen-bond donors (Lipinski definition) is 1. The molecule has 4 nitrogen and oxygen atoms in total. The van der Waals surface area contributed by atoms with E-state index in [0.29, 0.717) is 17.9 Å². The van der Waals surface area contributed by atoms with Gasteiger partial charge in [0.05, 0.1) is 23.3 Å². The van der Waals surface area contributed by atoms with E-state index in [-0.39, 0.29) is 17.9 Å². The van der Waals surface area contributed by atoms with Gasteiger partial charge < -0.3 is 10.1 Å². The zero-order valence-electron chi connectivity index (χ0n) is 10.3. The van der Waals surface area contributed by atoms with Crippen LogP contribution in [0.3, 0.4) is 0 Å². The van der Waals surface area contributed by atoms with Crippen molar-refractivity contribution in [3.63, 3.8) is 0 Å². The molecule has 18 heavy (non-hydrogen) atoms. The van der Waals surface area contributed by atoms with Crippen LogP contribution in [-0.2, 0) is 9.53 Å². The number of rotatable bonds is 3. The SMILES string of the molecule is CCC1OCCC1C(=O)Nc1ccccc1C#N. The van der Waals surface area contributed by atoms with Crippen molar-refractivity contribution in [2.45, 2.75) is 25.9 Å². The highest BCUT2D eigenvalue weighted by Crippen LogP contribution is 2.25. The quantitative estimate of drug-likeness (QED) is 0.887. The van der Waals surface area contributed by atoms with Crippen molar-refractivity contribution in [1.29, 1.82) is 5.26 Å². The van der Waals surface area contributed by atoms with Crippen LogP contribution in [0.5, 0.6) is 0 Å². The average molecular weight is 244 g/mol. The maximum atomic E-state index is 12.2. The fourth-order valence-corrected chi connectivity index (χ4v) is 2.27. The van der Waals surface area contributed by atoms with Gasteiger partial charge in [-0.1, -0.05) is 19.1 Å². The van der Waals surface area contributed by atoms with Crippen LogP contribution < -0.4 is 5.32 Å². The number of para-hydroxylation sites is 1. The molecule has 2 atom stereocenters. The van der Waals surface area contributed by atoms with E-state index in [2.05, 4.69) is 11.4 Å². The van der Waals surface area contributed by atoms with E-state index in [1.165, 1.54) is 0 Å². The number of nitrogens with zero attached hydrogens (tertiary/aromatic N) is 1. The van der Waals surface area contributed by atoms with Gasteiger partial charge in [0.1, 0.15) is 6.07 Å². The van der Waals surface area contributed by atoms with E-state index >= 15 is 0 Å². The minimum Gasteiger partial charge on any atom is -0.377 e. The van der Waals surface area contributed by atoms with Gasteiger partial charge in [0.25, 0.3) is 0 Å². The molecule has 0 radical (unpaired) electrons. The molecule has 2 unspecified atom stereocenters. The Kier molecular flexibility index (Phi) is 3.96. The van der Waals surface area contributed by atoms with Gasteiger partial charge in [0.2, 0.25) is 5.91 Å². The molecule has 0 spiro atoms. The normalized spacial score (nSPS) is 22.4. The van der Waals surface area contributed by atoms with Crippen LogP contribution >= 0.6 is 0 Å². The Morgan fingerprint density at radius 1 is 1.56 bits per heavy atom. The number of ether oxygens (including phenoxy) is 1. The molecule has 94 valence electrons. The van der Waals surface area contributed by atoms with E-state index in [4.69, 9.17) is 10.00 Å². The lowest BCUT2D eigenvalue weighted by Gasteiger charge is -2.16. The van der Waals surface area contributed by atoms with E-state index in [1.54, 1.807) is 24.3 Å². The molecule has 1 aromatic rings.